The van der Waals surface area contributed by atoms with Crippen LogP contribution in [0.3, 0.4) is 0 Å². The highest BCUT2D eigenvalue weighted by molar-refractivity contribution is 14.0. The molecule has 0 fully saturated rings. The Bertz CT molecular complexity index is 965. The fourth-order valence-corrected chi connectivity index (χ4v) is 2.88. The third kappa shape index (κ3) is 8.86. The minimum absolute atomic E-state index is 0. The number of guanidine groups is 1. The molecule has 0 heterocycles. The van der Waals surface area contributed by atoms with Gasteiger partial charge in [0.05, 0.1) is 18.0 Å². The highest BCUT2D eigenvalue weighted by Gasteiger charge is 2.08. The number of carbonyl (C=O) groups is 1. The number of nitrogens with zero attached hydrogens (tertiary/aromatic N) is 2. The Balaban J connectivity index is 0.00000450. The first-order valence-electron chi connectivity index (χ1n) is 8.73. The number of amides is 1. The summed E-state index contributed by atoms with van der Waals surface area (Å²) in [5.41, 5.74) is 1.80. The summed E-state index contributed by atoms with van der Waals surface area (Å²) >= 11 is 5.90. The summed E-state index contributed by atoms with van der Waals surface area (Å²) in [5.74, 6) is 0.356. The summed E-state index contributed by atoms with van der Waals surface area (Å²) in [6, 6.07) is 13.5. The van der Waals surface area contributed by atoms with Crippen molar-refractivity contribution < 1.29 is 13.2 Å². The van der Waals surface area contributed by atoms with Gasteiger partial charge in [-0.1, -0.05) is 35.9 Å². The van der Waals surface area contributed by atoms with Crippen molar-refractivity contribution >= 4 is 57.5 Å². The second kappa shape index (κ2) is 12.1. The topological polar surface area (TPSA) is 117 Å². The molecule has 2 rings (SSSR count). The standard InChI is InChI=1S/C19H24ClN5O3S.HI/c1-25(2)18(26)13-24-19(22-11-14-3-7-16(20)8-4-14)23-12-15-5-9-17(10-6-15)29(21,27)28;/h3-10H,11-13H2,1-2H3,(H2,21,27,28)(H2,22,23,24);1H. The highest BCUT2D eigenvalue weighted by atomic mass is 127. The number of hydrogen-bond donors (Lipinski definition) is 3. The molecule has 0 spiro atoms. The maximum atomic E-state index is 11.9. The summed E-state index contributed by atoms with van der Waals surface area (Å²) in [7, 11) is -0.376. The molecule has 1 amide bonds. The van der Waals surface area contributed by atoms with Crippen LogP contribution >= 0.6 is 35.6 Å². The number of halogens is 2. The van der Waals surface area contributed by atoms with Gasteiger partial charge in [-0.05, 0) is 35.4 Å². The zero-order valence-corrected chi connectivity index (χ0v) is 20.5. The normalized spacial score (nSPS) is 11.4. The van der Waals surface area contributed by atoms with E-state index in [0.29, 0.717) is 24.1 Å². The van der Waals surface area contributed by atoms with Gasteiger partial charge < -0.3 is 15.5 Å². The van der Waals surface area contributed by atoms with E-state index in [4.69, 9.17) is 16.7 Å². The number of benzene rings is 2. The summed E-state index contributed by atoms with van der Waals surface area (Å²) < 4.78 is 22.7. The molecule has 0 unspecified atom stereocenters. The van der Waals surface area contributed by atoms with Gasteiger partial charge in [-0.3, -0.25) is 4.79 Å². The molecular weight excluding hydrogens is 541 g/mol. The third-order valence-corrected chi connectivity index (χ3v) is 5.13. The maximum absolute atomic E-state index is 11.9. The Morgan fingerprint density at radius 1 is 1.03 bits per heavy atom. The molecule has 30 heavy (non-hydrogen) atoms. The Labute approximate surface area is 199 Å². The maximum Gasteiger partial charge on any atom is 0.241 e. The molecule has 11 heteroatoms. The molecule has 0 aliphatic carbocycles. The van der Waals surface area contributed by atoms with Gasteiger partial charge in [0.25, 0.3) is 0 Å². The van der Waals surface area contributed by atoms with Crippen molar-refractivity contribution in [3.05, 3.63) is 64.7 Å². The van der Waals surface area contributed by atoms with E-state index in [1.54, 1.807) is 38.4 Å². The van der Waals surface area contributed by atoms with Crippen molar-refractivity contribution in [2.75, 3.05) is 20.6 Å². The number of aliphatic imine (C=N–C) groups is 1. The Hall–Kier alpha value is -1.89. The lowest BCUT2D eigenvalue weighted by molar-refractivity contribution is -0.127. The largest absolute Gasteiger partial charge is 0.352 e. The van der Waals surface area contributed by atoms with Crippen LogP contribution in [0, 0.1) is 0 Å². The van der Waals surface area contributed by atoms with Gasteiger partial charge in [0.2, 0.25) is 15.9 Å². The van der Waals surface area contributed by atoms with Crippen LogP contribution in [0.5, 0.6) is 0 Å². The predicted octanol–water partition coefficient (Wildman–Crippen LogP) is 1.93. The van der Waals surface area contributed by atoms with Gasteiger partial charge in [-0.15, -0.1) is 24.0 Å². The Morgan fingerprint density at radius 2 is 1.60 bits per heavy atom. The molecule has 0 aliphatic heterocycles. The van der Waals surface area contributed by atoms with Crippen molar-refractivity contribution in [3.8, 4) is 0 Å². The molecular formula is C19H25ClIN5O3S. The fraction of sp³-hybridized carbons (Fsp3) is 0.263. The molecule has 0 atom stereocenters. The van der Waals surface area contributed by atoms with Crippen molar-refractivity contribution in [3.63, 3.8) is 0 Å². The number of rotatable bonds is 7. The smallest absolute Gasteiger partial charge is 0.241 e. The van der Waals surface area contributed by atoms with Crippen LogP contribution in [0.15, 0.2) is 58.4 Å². The summed E-state index contributed by atoms with van der Waals surface area (Å²) in [4.78, 5) is 17.9. The number of hydrogen-bond acceptors (Lipinski definition) is 4. The Morgan fingerprint density at radius 3 is 2.13 bits per heavy atom. The molecule has 0 bridgehead atoms. The number of primary sulfonamides is 1. The SMILES string of the molecule is CN(C)C(=O)CNC(=NCc1ccc(Cl)cc1)NCc1ccc(S(N)(=O)=O)cc1.I. The lowest BCUT2D eigenvalue weighted by Crippen LogP contribution is -2.42. The first kappa shape index (κ1) is 26.1. The molecule has 2 aromatic rings. The average Bonchev–Trinajstić information content (AvgIpc) is 2.68. The van der Waals surface area contributed by atoms with Crippen molar-refractivity contribution in [1.29, 1.82) is 0 Å². The zero-order chi connectivity index (χ0) is 21.4. The number of likely N-dealkylation sites (N-methyl/N-ethyl adjacent to an activating group) is 1. The van der Waals surface area contributed by atoms with E-state index in [1.807, 2.05) is 12.1 Å². The van der Waals surface area contributed by atoms with Crippen molar-refractivity contribution in [1.82, 2.24) is 15.5 Å². The second-order valence-electron chi connectivity index (χ2n) is 6.48. The van der Waals surface area contributed by atoms with Crippen LogP contribution in [0.25, 0.3) is 0 Å². The highest BCUT2D eigenvalue weighted by Crippen LogP contribution is 2.10. The lowest BCUT2D eigenvalue weighted by atomic mass is 10.2. The van der Waals surface area contributed by atoms with Crippen LogP contribution in [0.2, 0.25) is 5.02 Å². The van der Waals surface area contributed by atoms with E-state index < -0.39 is 10.0 Å². The van der Waals surface area contributed by atoms with E-state index in [2.05, 4.69) is 15.6 Å². The van der Waals surface area contributed by atoms with Crippen LogP contribution in [-0.2, 0) is 27.9 Å². The number of carbonyl (C=O) groups excluding carboxylic acids is 1. The molecule has 0 saturated heterocycles. The molecule has 2 aromatic carbocycles. The molecule has 0 aliphatic rings. The molecule has 0 aromatic heterocycles. The van der Waals surface area contributed by atoms with E-state index in [0.717, 1.165) is 11.1 Å². The van der Waals surface area contributed by atoms with Crippen LogP contribution in [0.4, 0.5) is 0 Å². The molecule has 0 saturated carbocycles. The van der Waals surface area contributed by atoms with E-state index in [1.165, 1.54) is 17.0 Å². The molecule has 4 N–H and O–H groups in total. The quantitative estimate of drug-likeness (QED) is 0.270. The molecule has 164 valence electrons. The van der Waals surface area contributed by atoms with Crippen LogP contribution in [0.1, 0.15) is 11.1 Å². The first-order valence-corrected chi connectivity index (χ1v) is 10.7. The fourth-order valence-electron chi connectivity index (χ4n) is 2.23. The summed E-state index contributed by atoms with van der Waals surface area (Å²) in [6.07, 6.45) is 0. The van der Waals surface area contributed by atoms with Gasteiger partial charge in [0, 0.05) is 25.7 Å². The predicted molar refractivity (Wildman–Crippen MR) is 129 cm³/mol. The van der Waals surface area contributed by atoms with E-state index >= 15 is 0 Å². The van der Waals surface area contributed by atoms with Gasteiger partial charge >= 0.3 is 0 Å². The second-order valence-corrected chi connectivity index (χ2v) is 8.47. The minimum atomic E-state index is -3.73. The van der Waals surface area contributed by atoms with Gasteiger partial charge in [-0.2, -0.15) is 0 Å². The van der Waals surface area contributed by atoms with E-state index in [9.17, 15) is 13.2 Å². The minimum Gasteiger partial charge on any atom is -0.352 e. The number of nitrogens with two attached hydrogens (primary N) is 1. The van der Waals surface area contributed by atoms with Gasteiger partial charge in [0.1, 0.15) is 0 Å². The van der Waals surface area contributed by atoms with Crippen molar-refractivity contribution in [2.24, 2.45) is 10.1 Å². The number of nitrogens with one attached hydrogen (secondary N) is 2. The Kier molecular flexibility index (Phi) is 10.5. The summed E-state index contributed by atoms with van der Waals surface area (Å²) in [5, 5.41) is 11.9. The zero-order valence-electron chi connectivity index (χ0n) is 16.6. The molecule has 0 radical (unpaired) electrons. The number of sulfonamides is 1. The van der Waals surface area contributed by atoms with Crippen molar-refractivity contribution in [2.45, 2.75) is 18.0 Å². The molecule has 8 nitrogen and oxygen atoms in total. The first-order chi connectivity index (χ1) is 13.6. The van der Waals surface area contributed by atoms with E-state index in [-0.39, 0.29) is 41.3 Å². The average molecular weight is 566 g/mol. The van der Waals surface area contributed by atoms with Crippen LogP contribution < -0.4 is 15.8 Å². The van der Waals surface area contributed by atoms with Gasteiger partial charge in [-0.25, -0.2) is 18.5 Å². The lowest BCUT2D eigenvalue weighted by Gasteiger charge is -2.15. The van der Waals surface area contributed by atoms with Crippen LogP contribution in [-0.4, -0.2) is 45.8 Å². The monoisotopic (exact) mass is 565 g/mol. The third-order valence-electron chi connectivity index (χ3n) is 3.95. The van der Waals surface area contributed by atoms with Gasteiger partial charge in [0.15, 0.2) is 5.96 Å². The summed E-state index contributed by atoms with van der Waals surface area (Å²) in [6.45, 7) is 0.865.